The third-order valence-corrected chi connectivity index (χ3v) is 8.76. The summed E-state index contributed by atoms with van der Waals surface area (Å²) in [5.41, 5.74) is 3.43. The number of anilines is 1. The van der Waals surface area contributed by atoms with Crippen LogP contribution >= 0.6 is 22.6 Å². The fraction of sp³-hybridized carbons (Fsp3) is 0.241. The summed E-state index contributed by atoms with van der Waals surface area (Å²) < 4.78 is 45.1. The van der Waals surface area contributed by atoms with Crippen molar-refractivity contribution >= 4 is 61.1 Å². The zero-order chi connectivity index (χ0) is 29.2. The van der Waals surface area contributed by atoms with Crippen LogP contribution in [-0.4, -0.2) is 40.6 Å². The number of furan rings is 1. The van der Waals surface area contributed by atoms with Crippen LogP contribution in [0.1, 0.15) is 30.0 Å². The average Bonchev–Trinajstić information content (AvgIpc) is 3.28. The molecule has 1 aromatic heterocycles. The zero-order valence-corrected chi connectivity index (χ0v) is 25.5. The number of hydrogen-bond donors (Lipinski definition) is 2. The summed E-state index contributed by atoms with van der Waals surface area (Å²) >= 11 is 2.18. The molecular formula is C29H29IN2O7S. The number of fused-ring (bicyclic) bond motifs is 1. The molecule has 11 heteroatoms. The standard InChI is InChI=1S/C29H29IN2O7S/c1-16(2)25(29(34)38-5)32-40(35,36)21-12-8-19(9-13-21)18-6-10-20(11-7-18)31-28(33)26-17(3)24-23(39-26)15-14-22(30)27(24)37-4/h6-16,25,32H,1-5H3,(H,31,33). The van der Waals surface area contributed by atoms with Gasteiger partial charge < -0.3 is 19.2 Å². The minimum absolute atomic E-state index is 0.0298. The highest BCUT2D eigenvalue weighted by Crippen LogP contribution is 2.36. The molecular weight excluding hydrogens is 647 g/mol. The lowest BCUT2D eigenvalue weighted by Gasteiger charge is -2.19. The average molecular weight is 677 g/mol. The predicted molar refractivity (Wildman–Crippen MR) is 161 cm³/mol. The number of methoxy groups -OCH3 is 2. The van der Waals surface area contributed by atoms with E-state index in [-0.39, 0.29) is 22.5 Å². The van der Waals surface area contributed by atoms with Crippen LogP contribution in [0.15, 0.2) is 70.0 Å². The second-order valence-corrected chi connectivity index (χ2v) is 12.3. The first-order valence-corrected chi connectivity index (χ1v) is 14.9. The number of benzene rings is 3. The molecule has 0 aliphatic heterocycles. The molecule has 210 valence electrons. The number of nitrogens with one attached hydrogen (secondary N) is 2. The lowest BCUT2D eigenvalue weighted by atomic mass is 10.1. The monoisotopic (exact) mass is 676 g/mol. The highest BCUT2D eigenvalue weighted by atomic mass is 127. The number of hydrogen-bond acceptors (Lipinski definition) is 7. The second kappa shape index (κ2) is 12.0. The number of rotatable bonds is 9. The van der Waals surface area contributed by atoms with Gasteiger partial charge in [0.05, 0.1) is 28.1 Å². The van der Waals surface area contributed by atoms with Crippen molar-refractivity contribution in [3.8, 4) is 16.9 Å². The zero-order valence-electron chi connectivity index (χ0n) is 22.6. The maximum absolute atomic E-state index is 13.0. The van der Waals surface area contributed by atoms with Gasteiger partial charge in [0.25, 0.3) is 5.91 Å². The number of amides is 1. The first-order valence-electron chi connectivity index (χ1n) is 12.3. The van der Waals surface area contributed by atoms with Gasteiger partial charge >= 0.3 is 5.97 Å². The van der Waals surface area contributed by atoms with Gasteiger partial charge in [-0.15, -0.1) is 0 Å². The van der Waals surface area contributed by atoms with E-state index in [0.29, 0.717) is 22.6 Å². The lowest BCUT2D eigenvalue weighted by molar-refractivity contribution is -0.143. The third kappa shape index (κ3) is 6.01. The first-order chi connectivity index (χ1) is 19.0. The molecule has 1 atom stereocenters. The normalized spacial score (nSPS) is 12.4. The van der Waals surface area contributed by atoms with Crippen LogP contribution in [0.25, 0.3) is 22.1 Å². The second-order valence-electron chi connectivity index (χ2n) is 9.43. The maximum Gasteiger partial charge on any atom is 0.324 e. The molecule has 1 heterocycles. The Hall–Kier alpha value is -3.42. The molecule has 0 aliphatic rings. The molecule has 0 saturated carbocycles. The van der Waals surface area contributed by atoms with Crippen molar-refractivity contribution in [2.24, 2.45) is 5.92 Å². The van der Waals surface area contributed by atoms with Gasteiger partial charge in [-0.1, -0.05) is 38.1 Å². The molecule has 0 saturated heterocycles. The number of esters is 1. The molecule has 4 aromatic rings. The van der Waals surface area contributed by atoms with E-state index in [1.54, 1.807) is 45.2 Å². The Balaban J connectivity index is 1.49. The molecule has 40 heavy (non-hydrogen) atoms. The van der Waals surface area contributed by atoms with E-state index in [0.717, 1.165) is 20.1 Å². The van der Waals surface area contributed by atoms with Gasteiger partial charge in [-0.05, 0) is 83.0 Å². The van der Waals surface area contributed by atoms with Crippen molar-refractivity contribution in [1.29, 1.82) is 0 Å². The number of sulfonamides is 1. The smallest absolute Gasteiger partial charge is 0.324 e. The molecule has 0 fully saturated rings. The fourth-order valence-corrected chi connectivity index (χ4v) is 6.28. The van der Waals surface area contributed by atoms with E-state index in [2.05, 4.69) is 32.6 Å². The quantitative estimate of drug-likeness (QED) is 0.171. The minimum atomic E-state index is -3.94. The van der Waals surface area contributed by atoms with Crippen LogP contribution in [0, 0.1) is 16.4 Å². The van der Waals surface area contributed by atoms with E-state index in [9.17, 15) is 18.0 Å². The summed E-state index contributed by atoms with van der Waals surface area (Å²) in [6.07, 6.45) is 0. The molecule has 1 amide bonds. The van der Waals surface area contributed by atoms with E-state index in [4.69, 9.17) is 13.9 Å². The van der Waals surface area contributed by atoms with Gasteiger partial charge in [-0.2, -0.15) is 4.72 Å². The van der Waals surface area contributed by atoms with Crippen LogP contribution in [-0.2, 0) is 19.6 Å². The minimum Gasteiger partial charge on any atom is -0.495 e. The molecule has 0 bridgehead atoms. The van der Waals surface area contributed by atoms with Gasteiger partial charge in [0, 0.05) is 11.3 Å². The fourth-order valence-electron chi connectivity index (χ4n) is 4.27. The molecule has 2 N–H and O–H groups in total. The Kier molecular flexibility index (Phi) is 8.86. The van der Waals surface area contributed by atoms with Crippen LogP contribution in [0.5, 0.6) is 5.75 Å². The SMILES string of the molecule is COC(=O)C(NS(=O)(=O)c1ccc(-c2ccc(NC(=O)c3oc4ccc(I)c(OC)c4c3C)cc2)cc1)C(C)C. The number of carbonyl (C=O) groups excluding carboxylic acids is 2. The van der Waals surface area contributed by atoms with Gasteiger partial charge in [0.2, 0.25) is 10.0 Å². The Morgan fingerprint density at radius 1 is 0.925 bits per heavy atom. The maximum atomic E-state index is 13.0. The largest absolute Gasteiger partial charge is 0.495 e. The summed E-state index contributed by atoms with van der Waals surface area (Å²) in [4.78, 5) is 25.0. The van der Waals surface area contributed by atoms with Gasteiger partial charge in [0.15, 0.2) is 5.76 Å². The van der Waals surface area contributed by atoms with Crippen molar-refractivity contribution in [2.75, 3.05) is 19.5 Å². The number of ether oxygens (including phenoxy) is 2. The lowest BCUT2D eigenvalue weighted by Crippen LogP contribution is -2.44. The molecule has 4 rings (SSSR count). The predicted octanol–water partition coefficient (Wildman–Crippen LogP) is 5.75. The number of carbonyl (C=O) groups is 2. The summed E-state index contributed by atoms with van der Waals surface area (Å²) in [6, 6.07) is 16.1. The number of aryl methyl sites for hydroxylation is 1. The highest BCUT2D eigenvalue weighted by Gasteiger charge is 2.29. The van der Waals surface area contributed by atoms with Crippen molar-refractivity contribution in [3.05, 3.63) is 75.6 Å². The highest BCUT2D eigenvalue weighted by molar-refractivity contribution is 14.1. The van der Waals surface area contributed by atoms with Crippen LogP contribution < -0.4 is 14.8 Å². The topological polar surface area (TPSA) is 124 Å². The van der Waals surface area contributed by atoms with E-state index in [1.165, 1.54) is 19.2 Å². The molecule has 9 nitrogen and oxygen atoms in total. The van der Waals surface area contributed by atoms with Crippen molar-refractivity contribution < 1.29 is 31.9 Å². The van der Waals surface area contributed by atoms with E-state index < -0.39 is 22.0 Å². The Morgan fingerprint density at radius 2 is 1.52 bits per heavy atom. The van der Waals surface area contributed by atoms with Crippen LogP contribution in [0.3, 0.4) is 0 Å². The Bertz CT molecular complexity index is 1660. The molecule has 1 unspecified atom stereocenters. The summed E-state index contributed by atoms with van der Waals surface area (Å²) in [6.45, 7) is 5.28. The molecule has 0 spiro atoms. The first kappa shape index (κ1) is 29.6. The van der Waals surface area contributed by atoms with E-state index in [1.807, 2.05) is 31.2 Å². The van der Waals surface area contributed by atoms with Crippen molar-refractivity contribution in [1.82, 2.24) is 4.72 Å². The summed E-state index contributed by atoms with van der Waals surface area (Å²) in [5.74, 6) is -0.445. The van der Waals surface area contributed by atoms with Crippen LogP contribution in [0.2, 0.25) is 0 Å². The Morgan fingerprint density at radius 3 is 2.08 bits per heavy atom. The molecule has 0 aliphatic carbocycles. The summed E-state index contributed by atoms with van der Waals surface area (Å²) in [7, 11) is -1.14. The molecule has 3 aromatic carbocycles. The number of halogens is 1. The van der Waals surface area contributed by atoms with Crippen LogP contribution in [0.4, 0.5) is 5.69 Å². The van der Waals surface area contributed by atoms with Gasteiger partial charge in [-0.25, -0.2) is 8.42 Å². The van der Waals surface area contributed by atoms with Crippen molar-refractivity contribution in [2.45, 2.75) is 31.7 Å². The summed E-state index contributed by atoms with van der Waals surface area (Å²) in [5, 5.41) is 3.62. The third-order valence-electron chi connectivity index (χ3n) is 6.45. The van der Waals surface area contributed by atoms with Crippen molar-refractivity contribution in [3.63, 3.8) is 0 Å². The van der Waals surface area contributed by atoms with Gasteiger partial charge in [0.1, 0.15) is 17.4 Å². The molecule has 0 radical (unpaired) electrons. The van der Waals surface area contributed by atoms with E-state index >= 15 is 0 Å². The Labute approximate surface area is 246 Å². The van der Waals surface area contributed by atoms with Gasteiger partial charge in [-0.3, -0.25) is 9.59 Å².